The predicted molar refractivity (Wildman–Crippen MR) is 99.1 cm³/mol. The van der Waals surface area contributed by atoms with Gasteiger partial charge in [0.1, 0.15) is 17.4 Å². The van der Waals surface area contributed by atoms with Crippen LogP contribution in [0, 0.1) is 0 Å². The number of carbonyl (C=O) groups excluding carboxylic acids is 1. The van der Waals surface area contributed by atoms with Crippen molar-refractivity contribution in [3.05, 3.63) is 33.4 Å². The Bertz CT molecular complexity index is 602. The summed E-state index contributed by atoms with van der Waals surface area (Å²) >= 11 is 0. The molecule has 0 bridgehead atoms. The summed E-state index contributed by atoms with van der Waals surface area (Å²) in [6.07, 6.45) is 13.6. The van der Waals surface area contributed by atoms with Gasteiger partial charge < -0.3 is 9.15 Å². The minimum absolute atomic E-state index is 0.174. The second kappa shape index (κ2) is 10.4. The maximum atomic E-state index is 12.1. The van der Waals surface area contributed by atoms with E-state index in [4.69, 9.17) is 9.15 Å². The largest absolute Gasteiger partial charge is 0.459 e. The fourth-order valence-electron chi connectivity index (χ4n) is 3.54. The highest BCUT2D eigenvalue weighted by atomic mass is 16.5. The lowest BCUT2D eigenvalue weighted by Gasteiger charge is -2.22. The summed E-state index contributed by atoms with van der Waals surface area (Å²) < 4.78 is 10.6. The van der Waals surface area contributed by atoms with Crippen molar-refractivity contribution in [2.75, 3.05) is 0 Å². The molecule has 0 saturated carbocycles. The van der Waals surface area contributed by atoms with Crippen molar-refractivity contribution < 1.29 is 13.9 Å². The molecule has 0 unspecified atom stereocenters. The Morgan fingerprint density at radius 1 is 0.960 bits per heavy atom. The Balaban J connectivity index is 1.73. The van der Waals surface area contributed by atoms with Crippen LogP contribution in [0.25, 0.3) is 0 Å². The summed E-state index contributed by atoms with van der Waals surface area (Å²) in [6, 6.07) is 1.44. The quantitative estimate of drug-likeness (QED) is 0.407. The minimum atomic E-state index is -0.359. The first-order valence-electron chi connectivity index (χ1n) is 9.98. The van der Waals surface area contributed by atoms with Crippen LogP contribution in [0.15, 0.2) is 15.3 Å². The number of rotatable bonds is 11. The fourth-order valence-corrected chi connectivity index (χ4v) is 3.54. The maximum Gasteiger partial charge on any atom is 0.342 e. The van der Waals surface area contributed by atoms with Crippen LogP contribution in [0.4, 0.5) is 0 Å². The molecule has 2 rings (SSSR count). The monoisotopic (exact) mass is 348 g/mol. The number of ether oxygens (including phenoxy) is 1. The third-order valence-electron chi connectivity index (χ3n) is 4.89. The van der Waals surface area contributed by atoms with E-state index in [0.29, 0.717) is 24.2 Å². The van der Waals surface area contributed by atoms with Gasteiger partial charge in [-0.2, -0.15) is 0 Å². The molecule has 1 aliphatic rings. The van der Waals surface area contributed by atoms with Crippen LogP contribution >= 0.6 is 0 Å². The Labute approximate surface area is 151 Å². The van der Waals surface area contributed by atoms with Gasteiger partial charge >= 0.3 is 11.6 Å². The minimum Gasteiger partial charge on any atom is -0.459 e. The van der Waals surface area contributed by atoms with E-state index >= 15 is 0 Å². The molecule has 0 radical (unpaired) electrons. The summed E-state index contributed by atoms with van der Waals surface area (Å²) in [6.45, 7) is 4.09. The molecule has 1 atom stereocenters. The first-order valence-corrected chi connectivity index (χ1v) is 9.98. The van der Waals surface area contributed by atoms with E-state index in [1.807, 2.05) is 6.92 Å². The van der Waals surface area contributed by atoms with Crippen molar-refractivity contribution >= 4 is 5.97 Å². The number of cyclic esters (lactones) is 1. The van der Waals surface area contributed by atoms with Gasteiger partial charge in [0.15, 0.2) is 0 Å². The lowest BCUT2D eigenvalue weighted by Crippen LogP contribution is -2.28. The topological polar surface area (TPSA) is 56.5 Å². The van der Waals surface area contributed by atoms with Gasteiger partial charge in [0.2, 0.25) is 0 Å². The highest BCUT2D eigenvalue weighted by molar-refractivity contribution is 5.93. The van der Waals surface area contributed by atoms with Gasteiger partial charge in [-0.1, -0.05) is 64.7 Å². The number of carbonyl (C=O) groups is 1. The van der Waals surface area contributed by atoms with Crippen LogP contribution in [-0.2, 0) is 17.6 Å². The van der Waals surface area contributed by atoms with Crippen molar-refractivity contribution in [1.82, 2.24) is 0 Å². The molecular weight excluding hydrogens is 316 g/mol. The molecule has 0 N–H and O–H groups in total. The van der Waals surface area contributed by atoms with E-state index in [2.05, 4.69) is 6.92 Å². The van der Waals surface area contributed by atoms with E-state index < -0.39 is 0 Å². The van der Waals surface area contributed by atoms with Crippen LogP contribution in [0.3, 0.4) is 0 Å². The third-order valence-corrected chi connectivity index (χ3v) is 4.89. The van der Waals surface area contributed by atoms with E-state index in [1.165, 1.54) is 57.4 Å². The van der Waals surface area contributed by atoms with Crippen LogP contribution in [-0.4, -0.2) is 12.1 Å². The molecule has 0 amide bonds. The molecule has 25 heavy (non-hydrogen) atoms. The molecule has 140 valence electrons. The van der Waals surface area contributed by atoms with E-state index in [-0.39, 0.29) is 17.7 Å². The van der Waals surface area contributed by atoms with Crippen molar-refractivity contribution in [3.63, 3.8) is 0 Å². The molecule has 1 aromatic heterocycles. The Kier molecular flexibility index (Phi) is 8.23. The van der Waals surface area contributed by atoms with Crippen molar-refractivity contribution in [3.8, 4) is 0 Å². The van der Waals surface area contributed by atoms with E-state index in [1.54, 1.807) is 0 Å². The Morgan fingerprint density at radius 3 is 2.20 bits per heavy atom. The predicted octanol–water partition coefficient (Wildman–Crippen LogP) is 5.20. The number of esters is 1. The first-order chi connectivity index (χ1) is 12.1. The van der Waals surface area contributed by atoms with Crippen molar-refractivity contribution in [2.45, 2.75) is 97.0 Å². The number of hydrogen-bond donors (Lipinski definition) is 0. The van der Waals surface area contributed by atoms with Crippen molar-refractivity contribution in [1.29, 1.82) is 0 Å². The number of unbranched alkanes of at least 4 members (excludes halogenated alkanes) is 9. The highest BCUT2D eigenvalue weighted by Gasteiger charge is 2.28. The first kappa shape index (κ1) is 19.7. The molecule has 1 aromatic rings. The Hall–Kier alpha value is -1.58. The number of aryl methyl sites for hydroxylation is 1. The molecule has 0 aromatic carbocycles. The van der Waals surface area contributed by atoms with Crippen LogP contribution < -0.4 is 5.63 Å². The molecule has 4 heteroatoms. The lowest BCUT2D eigenvalue weighted by molar-refractivity contribution is 0.0293. The van der Waals surface area contributed by atoms with E-state index in [0.717, 1.165) is 18.4 Å². The molecule has 1 aliphatic heterocycles. The molecule has 0 aliphatic carbocycles. The molecule has 4 nitrogen and oxygen atoms in total. The van der Waals surface area contributed by atoms with Gasteiger partial charge in [0, 0.05) is 18.9 Å². The van der Waals surface area contributed by atoms with Crippen molar-refractivity contribution in [2.24, 2.45) is 0 Å². The van der Waals surface area contributed by atoms with Gasteiger partial charge in [-0.15, -0.1) is 0 Å². The van der Waals surface area contributed by atoms with Crippen LogP contribution in [0.5, 0.6) is 0 Å². The van der Waals surface area contributed by atoms with Gasteiger partial charge in [0.25, 0.3) is 0 Å². The molecule has 0 saturated heterocycles. The van der Waals surface area contributed by atoms with Gasteiger partial charge in [0.05, 0.1) is 0 Å². The SMILES string of the molecule is CCCCCCCCCCCCc1oc(=O)cc2c1C(=O)O[C@@H](C)C2. The van der Waals surface area contributed by atoms with Gasteiger partial charge in [-0.3, -0.25) is 0 Å². The average Bonchev–Trinajstić information content (AvgIpc) is 2.55. The molecule has 2 heterocycles. The van der Waals surface area contributed by atoms with Crippen LogP contribution in [0.1, 0.15) is 99.7 Å². The highest BCUT2D eigenvalue weighted by Crippen LogP contribution is 2.24. The summed E-state index contributed by atoms with van der Waals surface area (Å²) in [7, 11) is 0. The van der Waals surface area contributed by atoms with Gasteiger partial charge in [-0.05, 0) is 18.9 Å². The molecule has 0 fully saturated rings. The normalized spacial score (nSPS) is 16.6. The Morgan fingerprint density at radius 2 is 1.56 bits per heavy atom. The second-order valence-corrected chi connectivity index (χ2v) is 7.24. The van der Waals surface area contributed by atoms with Crippen LogP contribution in [0.2, 0.25) is 0 Å². The third kappa shape index (κ3) is 6.33. The zero-order valence-electron chi connectivity index (χ0n) is 15.8. The van der Waals surface area contributed by atoms with E-state index in [9.17, 15) is 9.59 Å². The lowest BCUT2D eigenvalue weighted by atomic mass is 9.97. The number of fused-ring (bicyclic) bond motifs is 1. The maximum absolute atomic E-state index is 12.1. The summed E-state index contributed by atoms with van der Waals surface area (Å²) in [5.74, 6) is 0.165. The smallest absolute Gasteiger partial charge is 0.342 e. The summed E-state index contributed by atoms with van der Waals surface area (Å²) in [5, 5.41) is 0. The average molecular weight is 348 g/mol. The summed E-state index contributed by atoms with van der Waals surface area (Å²) in [4.78, 5) is 23.9. The second-order valence-electron chi connectivity index (χ2n) is 7.24. The number of hydrogen-bond acceptors (Lipinski definition) is 4. The molecule has 0 spiro atoms. The zero-order valence-corrected chi connectivity index (χ0v) is 15.8. The zero-order chi connectivity index (χ0) is 18.1. The van der Waals surface area contributed by atoms with Gasteiger partial charge in [-0.25, -0.2) is 9.59 Å². The standard InChI is InChI=1S/C21H32O4/c1-3-4-5-6-7-8-9-10-11-12-13-18-20-17(15-19(22)25-18)14-16(2)24-21(20)23/h15-16H,3-14H2,1-2H3/t16-/m0/s1. The summed E-state index contributed by atoms with van der Waals surface area (Å²) in [5.41, 5.74) is 0.915. The molecular formula is C21H32O4. The fraction of sp³-hybridized carbons (Fsp3) is 0.714.